The number of anilines is 2. The lowest BCUT2D eigenvalue weighted by Gasteiger charge is -2.23. The highest BCUT2D eigenvalue weighted by molar-refractivity contribution is 5.88. The SMILES string of the molecule is COC1CC(Cc2c[nH]c3ccc(Nc4ccc(C#N)cc4[N+](=O)[O-])cc23)N(C(=O)OCc2ccccc2)C1. The third-order valence-corrected chi connectivity index (χ3v) is 6.97. The van der Waals surface area contributed by atoms with E-state index >= 15 is 0 Å². The third kappa shape index (κ3) is 5.68. The Balaban J connectivity index is 1.35. The van der Waals surface area contributed by atoms with Gasteiger partial charge in [0.25, 0.3) is 5.69 Å². The number of hydrogen-bond acceptors (Lipinski definition) is 7. The molecule has 198 valence electrons. The summed E-state index contributed by atoms with van der Waals surface area (Å²) in [5, 5.41) is 24.7. The molecule has 2 atom stereocenters. The van der Waals surface area contributed by atoms with Crippen LogP contribution in [-0.2, 0) is 22.5 Å². The second kappa shape index (κ2) is 11.2. The molecule has 0 aliphatic carbocycles. The number of nitrogens with one attached hydrogen (secondary N) is 2. The summed E-state index contributed by atoms with van der Waals surface area (Å²) < 4.78 is 11.2. The monoisotopic (exact) mass is 525 g/mol. The van der Waals surface area contributed by atoms with Crippen LogP contribution in [-0.4, -0.2) is 46.7 Å². The van der Waals surface area contributed by atoms with Crippen LogP contribution in [0.3, 0.4) is 0 Å². The van der Waals surface area contributed by atoms with Gasteiger partial charge < -0.3 is 24.7 Å². The van der Waals surface area contributed by atoms with Crippen LogP contribution in [0.4, 0.5) is 21.9 Å². The van der Waals surface area contributed by atoms with Crippen LogP contribution in [0.1, 0.15) is 23.1 Å². The summed E-state index contributed by atoms with van der Waals surface area (Å²) >= 11 is 0. The molecule has 5 rings (SSSR count). The number of rotatable bonds is 8. The first-order chi connectivity index (χ1) is 18.9. The smallest absolute Gasteiger partial charge is 0.410 e. The Kier molecular flexibility index (Phi) is 7.43. The average Bonchev–Trinajstić information content (AvgIpc) is 3.56. The Bertz CT molecular complexity index is 1540. The number of methoxy groups -OCH3 is 1. The predicted octanol–water partition coefficient (Wildman–Crippen LogP) is 5.66. The maximum Gasteiger partial charge on any atom is 0.410 e. The van der Waals surface area contributed by atoms with Crippen LogP contribution < -0.4 is 5.32 Å². The fourth-order valence-corrected chi connectivity index (χ4v) is 4.96. The van der Waals surface area contributed by atoms with Crippen molar-refractivity contribution in [3.63, 3.8) is 0 Å². The van der Waals surface area contributed by atoms with Gasteiger partial charge in [0.05, 0.1) is 29.2 Å². The van der Waals surface area contributed by atoms with Crippen LogP contribution in [0.2, 0.25) is 0 Å². The van der Waals surface area contributed by atoms with Gasteiger partial charge in [-0.15, -0.1) is 0 Å². The molecule has 0 bridgehead atoms. The van der Waals surface area contributed by atoms with Crippen molar-refractivity contribution in [1.29, 1.82) is 5.26 Å². The van der Waals surface area contributed by atoms with E-state index in [9.17, 15) is 14.9 Å². The number of carbonyl (C=O) groups excluding carboxylic acids is 1. The molecule has 2 unspecified atom stereocenters. The minimum absolute atomic E-state index is 0.0846. The number of carbonyl (C=O) groups is 1. The largest absolute Gasteiger partial charge is 0.445 e. The van der Waals surface area contributed by atoms with Crippen LogP contribution in [0.15, 0.2) is 72.9 Å². The minimum Gasteiger partial charge on any atom is -0.445 e. The summed E-state index contributed by atoms with van der Waals surface area (Å²) in [6.07, 6.45) is 2.73. The van der Waals surface area contributed by atoms with Crippen molar-refractivity contribution in [2.45, 2.75) is 31.6 Å². The summed E-state index contributed by atoms with van der Waals surface area (Å²) in [5.41, 5.74) is 3.83. The van der Waals surface area contributed by atoms with Crippen LogP contribution in [0.25, 0.3) is 10.9 Å². The third-order valence-electron chi connectivity index (χ3n) is 6.97. The fourth-order valence-electron chi connectivity index (χ4n) is 4.96. The Labute approximate surface area is 224 Å². The minimum atomic E-state index is -0.513. The van der Waals surface area contributed by atoms with E-state index in [2.05, 4.69) is 10.3 Å². The number of hydrogen-bond donors (Lipinski definition) is 2. The zero-order chi connectivity index (χ0) is 27.4. The second-order valence-electron chi connectivity index (χ2n) is 9.44. The number of nitro groups is 1. The van der Waals surface area contributed by atoms with E-state index in [4.69, 9.17) is 14.7 Å². The van der Waals surface area contributed by atoms with Gasteiger partial charge in [0, 0.05) is 42.0 Å². The lowest BCUT2D eigenvalue weighted by molar-refractivity contribution is -0.383. The number of nitrogens with zero attached hydrogens (tertiary/aromatic N) is 3. The quantitative estimate of drug-likeness (QED) is 0.224. The number of likely N-dealkylation sites (tertiary alicyclic amines) is 1. The first kappa shape index (κ1) is 25.8. The molecule has 2 N–H and O–H groups in total. The first-order valence-electron chi connectivity index (χ1n) is 12.5. The second-order valence-corrected chi connectivity index (χ2v) is 9.44. The molecule has 39 heavy (non-hydrogen) atoms. The molecule has 2 heterocycles. The fraction of sp³-hybridized carbons (Fsp3) is 0.241. The first-order valence-corrected chi connectivity index (χ1v) is 12.5. The molecule has 10 nitrogen and oxygen atoms in total. The zero-order valence-electron chi connectivity index (χ0n) is 21.3. The molecule has 1 saturated heterocycles. The number of aromatic nitrogens is 1. The Morgan fingerprint density at radius 3 is 2.77 bits per heavy atom. The molecule has 1 aliphatic heterocycles. The number of aromatic amines is 1. The summed E-state index contributed by atoms with van der Waals surface area (Å²) in [4.78, 5) is 29.1. The van der Waals surface area contributed by atoms with E-state index in [-0.39, 0.29) is 36.1 Å². The van der Waals surface area contributed by atoms with E-state index in [0.717, 1.165) is 22.0 Å². The van der Waals surface area contributed by atoms with Gasteiger partial charge in [-0.3, -0.25) is 10.1 Å². The van der Waals surface area contributed by atoms with Crippen molar-refractivity contribution < 1.29 is 19.2 Å². The van der Waals surface area contributed by atoms with Gasteiger partial charge in [-0.05, 0) is 54.3 Å². The van der Waals surface area contributed by atoms with Gasteiger partial charge in [0.2, 0.25) is 0 Å². The highest BCUT2D eigenvalue weighted by Crippen LogP contribution is 2.32. The molecule has 1 aromatic heterocycles. The number of nitriles is 1. The number of amides is 1. The molecule has 0 spiro atoms. The molecule has 1 fully saturated rings. The molecule has 0 saturated carbocycles. The molecule has 1 aliphatic rings. The summed E-state index contributed by atoms with van der Waals surface area (Å²) in [7, 11) is 1.65. The van der Waals surface area contributed by atoms with Gasteiger partial charge in [-0.2, -0.15) is 5.26 Å². The lowest BCUT2D eigenvalue weighted by Crippen LogP contribution is -2.37. The maximum absolute atomic E-state index is 13.0. The van der Waals surface area contributed by atoms with Gasteiger partial charge >= 0.3 is 6.09 Å². The van der Waals surface area contributed by atoms with E-state index in [1.165, 1.54) is 18.2 Å². The van der Waals surface area contributed by atoms with Crippen molar-refractivity contribution in [2.24, 2.45) is 0 Å². The number of H-pyrrole nitrogens is 1. The molecule has 4 aromatic rings. The van der Waals surface area contributed by atoms with E-state index in [1.807, 2.05) is 60.8 Å². The van der Waals surface area contributed by atoms with Gasteiger partial charge in [0.15, 0.2) is 0 Å². The zero-order valence-corrected chi connectivity index (χ0v) is 21.3. The Morgan fingerprint density at radius 1 is 1.21 bits per heavy atom. The van der Waals surface area contributed by atoms with Crippen molar-refractivity contribution in [2.75, 3.05) is 19.0 Å². The van der Waals surface area contributed by atoms with Gasteiger partial charge in [-0.25, -0.2) is 4.79 Å². The highest BCUT2D eigenvalue weighted by atomic mass is 16.6. The number of fused-ring (bicyclic) bond motifs is 1. The standard InChI is InChI=1S/C29H27N5O5/c1-38-24-14-23(33(17-24)29(35)39-18-19-5-3-2-4-6-19)12-21-16-31-26-10-8-22(13-25(21)26)32-27-9-7-20(15-30)11-28(27)34(36)37/h2-11,13,16,23-24,31-32H,12,14,17-18H2,1H3. The van der Waals surface area contributed by atoms with Gasteiger partial charge in [-0.1, -0.05) is 30.3 Å². The van der Waals surface area contributed by atoms with E-state index < -0.39 is 4.92 Å². The maximum atomic E-state index is 13.0. The topological polar surface area (TPSA) is 134 Å². The normalized spacial score (nSPS) is 16.7. The average molecular weight is 526 g/mol. The number of ether oxygens (including phenoxy) is 2. The Morgan fingerprint density at radius 2 is 2.03 bits per heavy atom. The van der Waals surface area contributed by atoms with E-state index in [1.54, 1.807) is 12.0 Å². The Hall–Kier alpha value is -4.88. The van der Waals surface area contributed by atoms with Crippen LogP contribution in [0, 0.1) is 21.4 Å². The number of nitro benzene ring substituents is 1. The van der Waals surface area contributed by atoms with Crippen LogP contribution >= 0.6 is 0 Å². The summed E-state index contributed by atoms with van der Waals surface area (Å²) in [6, 6.07) is 21.3. The van der Waals surface area contributed by atoms with E-state index in [0.29, 0.717) is 30.8 Å². The van der Waals surface area contributed by atoms with Crippen molar-refractivity contribution in [3.05, 3.63) is 99.7 Å². The predicted molar refractivity (Wildman–Crippen MR) is 146 cm³/mol. The van der Waals surface area contributed by atoms with Crippen molar-refractivity contribution >= 4 is 34.1 Å². The molecule has 3 aromatic carbocycles. The lowest BCUT2D eigenvalue weighted by atomic mass is 10.0. The molecular formula is C29H27N5O5. The summed E-state index contributed by atoms with van der Waals surface area (Å²) in [5.74, 6) is 0. The molecule has 1 amide bonds. The van der Waals surface area contributed by atoms with Crippen molar-refractivity contribution in [3.8, 4) is 6.07 Å². The van der Waals surface area contributed by atoms with Gasteiger partial charge in [0.1, 0.15) is 12.3 Å². The summed E-state index contributed by atoms with van der Waals surface area (Å²) in [6.45, 7) is 0.649. The number of benzene rings is 3. The molecular weight excluding hydrogens is 498 g/mol. The van der Waals surface area contributed by atoms with Crippen LogP contribution in [0.5, 0.6) is 0 Å². The highest BCUT2D eigenvalue weighted by Gasteiger charge is 2.36. The molecule has 0 radical (unpaired) electrons. The molecule has 10 heteroatoms. The van der Waals surface area contributed by atoms with Crippen molar-refractivity contribution in [1.82, 2.24) is 9.88 Å².